The molecule has 3 aromatic rings. The molecule has 0 atom stereocenters. The number of anilines is 1. The zero-order valence-corrected chi connectivity index (χ0v) is 14.0. The molecule has 0 fully saturated rings. The molecule has 0 saturated heterocycles. The van der Waals surface area contributed by atoms with E-state index >= 15 is 0 Å². The smallest absolute Gasteiger partial charge is 0.230 e. The van der Waals surface area contributed by atoms with E-state index in [0.29, 0.717) is 10.8 Å². The average molecular weight is 340 g/mol. The molecule has 0 aliphatic heterocycles. The van der Waals surface area contributed by atoms with Gasteiger partial charge in [-0.2, -0.15) is 0 Å². The first kappa shape index (κ1) is 15.1. The predicted octanol–water partition coefficient (Wildman–Crippen LogP) is 3.76. The van der Waals surface area contributed by atoms with Crippen LogP contribution in [0.1, 0.15) is 40.5 Å². The van der Waals surface area contributed by atoms with E-state index in [1.54, 1.807) is 11.6 Å². The van der Waals surface area contributed by atoms with Crippen molar-refractivity contribution in [3.05, 3.63) is 46.2 Å². The van der Waals surface area contributed by atoms with Crippen molar-refractivity contribution in [2.45, 2.75) is 32.6 Å². The van der Waals surface area contributed by atoms with Crippen molar-refractivity contribution in [1.82, 2.24) is 4.98 Å². The third-order valence-corrected chi connectivity index (χ3v) is 5.09. The van der Waals surface area contributed by atoms with Crippen molar-refractivity contribution in [3.63, 3.8) is 0 Å². The van der Waals surface area contributed by atoms with E-state index in [1.807, 2.05) is 0 Å². The van der Waals surface area contributed by atoms with E-state index in [-0.39, 0.29) is 18.1 Å². The summed E-state index contributed by atoms with van der Waals surface area (Å²) in [7, 11) is 0. The number of thiazole rings is 1. The number of carbonyl (C=O) groups excluding carboxylic acids is 2. The van der Waals surface area contributed by atoms with Gasteiger partial charge in [-0.3, -0.25) is 9.59 Å². The fraction of sp³-hybridized carbons (Fsp3) is 0.278. The van der Waals surface area contributed by atoms with Crippen molar-refractivity contribution in [3.8, 4) is 0 Å². The van der Waals surface area contributed by atoms with Crippen molar-refractivity contribution < 1.29 is 14.0 Å². The van der Waals surface area contributed by atoms with E-state index in [0.717, 1.165) is 29.4 Å². The number of rotatable bonds is 4. The molecule has 2 aromatic heterocycles. The maximum Gasteiger partial charge on any atom is 0.230 e. The Morgan fingerprint density at radius 3 is 2.83 bits per heavy atom. The number of benzene rings is 1. The maximum atomic E-state index is 12.3. The highest BCUT2D eigenvalue weighted by molar-refractivity contribution is 7.14. The number of furan rings is 1. The summed E-state index contributed by atoms with van der Waals surface area (Å²) < 4.78 is 5.62. The summed E-state index contributed by atoms with van der Waals surface area (Å²) in [5.41, 5.74) is 4.80. The van der Waals surface area contributed by atoms with Crippen LogP contribution in [-0.4, -0.2) is 16.7 Å². The molecule has 5 nitrogen and oxygen atoms in total. The summed E-state index contributed by atoms with van der Waals surface area (Å²) in [4.78, 5) is 27.6. The van der Waals surface area contributed by atoms with E-state index in [4.69, 9.17) is 4.42 Å². The van der Waals surface area contributed by atoms with Gasteiger partial charge < -0.3 is 9.73 Å². The molecule has 0 spiro atoms. The van der Waals surface area contributed by atoms with E-state index < -0.39 is 0 Å². The second kappa shape index (κ2) is 5.87. The van der Waals surface area contributed by atoms with Crippen LogP contribution in [0.3, 0.4) is 0 Å². The number of carbonyl (C=O) groups is 2. The highest BCUT2D eigenvalue weighted by Crippen LogP contribution is 2.30. The number of nitrogens with one attached hydrogen (secondary N) is 1. The van der Waals surface area contributed by atoms with Gasteiger partial charge >= 0.3 is 0 Å². The Morgan fingerprint density at radius 1 is 1.29 bits per heavy atom. The molecule has 1 aliphatic carbocycles. The zero-order chi connectivity index (χ0) is 16.7. The van der Waals surface area contributed by atoms with Gasteiger partial charge in [-0.05, 0) is 42.5 Å². The van der Waals surface area contributed by atoms with Gasteiger partial charge in [0.05, 0.1) is 12.7 Å². The lowest BCUT2D eigenvalue weighted by Crippen LogP contribution is -2.14. The second-order valence-electron chi connectivity index (χ2n) is 6.05. The number of aromatic nitrogens is 1. The topological polar surface area (TPSA) is 72.2 Å². The third kappa shape index (κ3) is 2.73. The number of aryl methyl sites for hydroxylation is 2. The highest BCUT2D eigenvalue weighted by Gasteiger charge is 2.17. The maximum absolute atomic E-state index is 12.3. The first-order valence-corrected chi connectivity index (χ1v) is 8.76. The van der Waals surface area contributed by atoms with Crippen molar-refractivity contribution in [1.29, 1.82) is 0 Å². The van der Waals surface area contributed by atoms with Gasteiger partial charge in [-0.1, -0.05) is 0 Å². The van der Waals surface area contributed by atoms with Crippen LogP contribution in [0.25, 0.3) is 11.0 Å². The van der Waals surface area contributed by atoms with Crippen LogP contribution in [0.4, 0.5) is 5.13 Å². The molecule has 1 amide bonds. The molecule has 1 aliphatic rings. The Balaban J connectivity index is 1.53. The first-order valence-electron chi connectivity index (χ1n) is 7.88. The molecule has 24 heavy (non-hydrogen) atoms. The number of amides is 1. The Morgan fingerprint density at radius 2 is 2.08 bits per heavy atom. The van der Waals surface area contributed by atoms with Crippen LogP contribution in [0.2, 0.25) is 0 Å². The van der Waals surface area contributed by atoms with Crippen LogP contribution < -0.4 is 5.32 Å². The molecule has 0 saturated carbocycles. The molecule has 2 heterocycles. The molecule has 6 heteroatoms. The summed E-state index contributed by atoms with van der Waals surface area (Å²) in [6.45, 7) is 1.46. The van der Waals surface area contributed by atoms with Gasteiger partial charge in [0, 0.05) is 23.3 Å². The second-order valence-corrected chi connectivity index (χ2v) is 6.91. The lowest BCUT2D eigenvalue weighted by atomic mass is 10.0. The Bertz CT molecular complexity index is 954. The van der Waals surface area contributed by atoms with Crippen LogP contribution in [0, 0.1) is 0 Å². The molecular formula is C18H16N2O3S. The van der Waals surface area contributed by atoms with Gasteiger partial charge in [-0.15, -0.1) is 11.3 Å². The largest absolute Gasteiger partial charge is 0.464 e. The summed E-state index contributed by atoms with van der Waals surface area (Å²) >= 11 is 1.25. The minimum Gasteiger partial charge on any atom is -0.464 e. The number of ketones is 1. The van der Waals surface area contributed by atoms with Crippen molar-refractivity contribution in [2.24, 2.45) is 0 Å². The molecule has 4 rings (SSSR count). The minimum atomic E-state index is -0.164. The zero-order valence-electron chi connectivity index (χ0n) is 13.2. The summed E-state index contributed by atoms with van der Waals surface area (Å²) in [6, 6.07) is 4.25. The molecule has 122 valence electrons. The number of nitrogens with zero attached hydrogens (tertiary/aromatic N) is 1. The molecule has 0 unspecified atom stereocenters. The Hall–Kier alpha value is -2.47. The summed E-state index contributed by atoms with van der Waals surface area (Å²) in [5, 5.41) is 5.85. The van der Waals surface area contributed by atoms with E-state index in [1.165, 1.54) is 35.8 Å². The van der Waals surface area contributed by atoms with Gasteiger partial charge in [0.1, 0.15) is 11.3 Å². The molecule has 0 radical (unpaired) electrons. The number of fused-ring (bicyclic) bond motifs is 2. The van der Waals surface area contributed by atoms with Gasteiger partial charge in [0.2, 0.25) is 5.91 Å². The molecule has 1 N–H and O–H groups in total. The number of hydrogen-bond acceptors (Lipinski definition) is 5. The Kier molecular flexibility index (Phi) is 3.69. The van der Waals surface area contributed by atoms with Crippen molar-refractivity contribution >= 4 is 39.1 Å². The molecular weight excluding hydrogens is 324 g/mol. The van der Waals surface area contributed by atoms with E-state index in [9.17, 15) is 9.59 Å². The standard InChI is InChI=1S/C18H16N2O3S/c1-10(21)15-9-24-18(19-15)20-17(22)7-13-8-23-16-6-12-4-2-3-11(12)5-14(13)16/h5-6,8-9H,2-4,7H2,1H3,(H,19,20,22). The average Bonchev–Trinajstić information content (AvgIpc) is 3.25. The third-order valence-electron chi connectivity index (χ3n) is 4.33. The van der Waals surface area contributed by atoms with E-state index in [2.05, 4.69) is 22.4 Å². The van der Waals surface area contributed by atoms with Crippen LogP contribution >= 0.6 is 11.3 Å². The van der Waals surface area contributed by atoms with Crippen LogP contribution in [0.15, 0.2) is 28.2 Å². The molecule has 0 bridgehead atoms. The highest BCUT2D eigenvalue weighted by atomic mass is 32.1. The first-order chi connectivity index (χ1) is 11.6. The SMILES string of the molecule is CC(=O)c1csc(NC(=O)Cc2coc3cc4c(cc23)CCC4)n1. The van der Waals surface area contributed by atoms with Gasteiger partial charge in [0.15, 0.2) is 10.9 Å². The van der Waals surface area contributed by atoms with Gasteiger partial charge in [-0.25, -0.2) is 4.98 Å². The lowest BCUT2D eigenvalue weighted by molar-refractivity contribution is -0.115. The normalized spacial score (nSPS) is 13.2. The molecule has 1 aromatic carbocycles. The lowest BCUT2D eigenvalue weighted by Gasteiger charge is -2.02. The minimum absolute atomic E-state index is 0.110. The van der Waals surface area contributed by atoms with Crippen molar-refractivity contribution in [2.75, 3.05) is 5.32 Å². The fourth-order valence-corrected chi connectivity index (χ4v) is 3.88. The van der Waals surface area contributed by atoms with Crippen LogP contribution in [-0.2, 0) is 24.1 Å². The van der Waals surface area contributed by atoms with Gasteiger partial charge in [0.25, 0.3) is 0 Å². The fourth-order valence-electron chi connectivity index (χ4n) is 3.11. The monoisotopic (exact) mass is 340 g/mol. The summed E-state index contributed by atoms with van der Waals surface area (Å²) in [6.07, 6.45) is 5.25. The van der Waals surface area contributed by atoms with Crippen LogP contribution in [0.5, 0.6) is 0 Å². The number of Topliss-reactive ketones (excluding diaryl/α,β-unsaturated/α-hetero) is 1. The summed E-state index contributed by atoms with van der Waals surface area (Å²) in [5.74, 6) is -0.274. The predicted molar refractivity (Wildman–Crippen MR) is 92.7 cm³/mol. The quantitative estimate of drug-likeness (QED) is 0.734. The number of hydrogen-bond donors (Lipinski definition) is 1. The Labute approximate surface area is 142 Å².